The third-order valence-electron chi connectivity index (χ3n) is 3.56. The lowest BCUT2D eigenvalue weighted by Crippen LogP contribution is -2.22. The molecule has 0 aromatic carbocycles. The van der Waals surface area contributed by atoms with E-state index in [2.05, 4.69) is 29.7 Å². The minimum absolute atomic E-state index is 0.0835. The molecule has 0 aliphatic heterocycles. The first kappa shape index (κ1) is 19.3. The standard InChI is InChI=1S/C15H22F3N5OSi/c1-25(2,3)5-4-24-9-23-14(12(20)8-22-23)10-6-13(15(16,17)18)21-7-11(10)19/h6-8H,4-5,9,19-20H2,1-3H3. The summed E-state index contributed by atoms with van der Waals surface area (Å²) in [6.07, 6.45) is -2.23. The van der Waals surface area contributed by atoms with Gasteiger partial charge < -0.3 is 16.2 Å². The molecule has 2 rings (SSSR count). The zero-order valence-electron chi connectivity index (χ0n) is 14.4. The van der Waals surface area contributed by atoms with E-state index in [9.17, 15) is 13.2 Å². The van der Waals surface area contributed by atoms with Crippen molar-refractivity contribution in [2.75, 3.05) is 18.1 Å². The Balaban J connectivity index is 2.27. The van der Waals surface area contributed by atoms with Gasteiger partial charge in [-0.1, -0.05) is 19.6 Å². The van der Waals surface area contributed by atoms with Gasteiger partial charge in [0.15, 0.2) is 0 Å². The number of rotatable bonds is 6. The third-order valence-corrected chi connectivity index (χ3v) is 5.26. The largest absolute Gasteiger partial charge is 0.433 e. The van der Waals surface area contributed by atoms with Gasteiger partial charge in [-0.25, -0.2) is 9.67 Å². The summed E-state index contributed by atoms with van der Waals surface area (Å²) in [5.74, 6) is 0. The highest BCUT2D eigenvalue weighted by molar-refractivity contribution is 6.76. The maximum Gasteiger partial charge on any atom is 0.433 e. The van der Waals surface area contributed by atoms with Crippen LogP contribution in [0, 0.1) is 0 Å². The molecule has 0 fully saturated rings. The van der Waals surface area contributed by atoms with Gasteiger partial charge in [-0.05, 0) is 12.1 Å². The van der Waals surface area contributed by atoms with E-state index in [-0.39, 0.29) is 23.7 Å². The molecule has 0 unspecified atom stereocenters. The molecule has 10 heteroatoms. The van der Waals surface area contributed by atoms with Gasteiger partial charge in [0.25, 0.3) is 0 Å². The number of alkyl halides is 3. The molecule has 0 aliphatic carbocycles. The molecule has 2 aromatic heterocycles. The highest BCUT2D eigenvalue weighted by Gasteiger charge is 2.33. The molecular formula is C15H22F3N5OSi. The fraction of sp³-hybridized carbons (Fsp3) is 0.467. The predicted molar refractivity (Wildman–Crippen MR) is 93.4 cm³/mol. The first-order chi connectivity index (χ1) is 11.5. The number of nitrogens with zero attached hydrogens (tertiary/aromatic N) is 3. The van der Waals surface area contributed by atoms with Crippen molar-refractivity contribution in [1.82, 2.24) is 14.8 Å². The Kier molecular flexibility index (Phi) is 5.42. The number of aromatic nitrogens is 3. The van der Waals surface area contributed by atoms with Gasteiger partial charge in [0.1, 0.15) is 12.4 Å². The first-order valence-electron chi connectivity index (χ1n) is 7.71. The minimum atomic E-state index is -4.57. The highest BCUT2D eigenvalue weighted by Crippen LogP contribution is 2.35. The molecule has 2 aromatic rings. The van der Waals surface area contributed by atoms with Gasteiger partial charge in [0, 0.05) is 20.2 Å². The summed E-state index contributed by atoms with van der Waals surface area (Å²) < 4.78 is 45.8. The summed E-state index contributed by atoms with van der Waals surface area (Å²) in [6, 6.07) is 1.84. The Morgan fingerprint density at radius 1 is 1.16 bits per heavy atom. The first-order valence-corrected chi connectivity index (χ1v) is 11.4. The fourth-order valence-corrected chi connectivity index (χ4v) is 2.90. The molecule has 25 heavy (non-hydrogen) atoms. The van der Waals surface area contributed by atoms with Crippen LogP contribution in [0.2, 0.25) is 25.7 Å². The lowest BCUT2D eigenvalue weighted by molar-refractivity contribution is -0.141. The fourth-order valence-electron chi connectivity index (χ4n) is 2.15. The van der Waals surface area contributed by atoms with Crippen LogP contribution in [-0.2, 0) is 17.6 Å². The van der Waals surface area contributed by atoms with E-state index in [1.807, 2.05) is 0 Å². The lowest BCUT2D eigenvalue weighted by atomic mass is 10.1. The molecule has 0 saturated carbocycles. The van der Waals surface area contributed by atoms with Crippen molar-refractivity contribution < 1.29 is 17.9 Å². The van der Waals surface area contributed by atoms with E-state index < -0.39 is 19.9 Å². The maximum atomic E-state index is 12.9. The minimum Gasteiger partial charge on any atom is -0.397 e. The lowest BCUT2D eigenvalue weighted by Gasteiger charge is -2.16. The third kappa shape index (κ3) is 4.95. The number of nitrogen functional groups attached to an aromatic ring is 2. The summed E-state index contributed by atoms with van der Waals surface area (Å²) in [7, 11) is -1.24. The molecule has 0 spiro atoms. The Bertz CT molecular complexity index is 740. The van der Waals surface area contributed by atoms with Crippen LogP contribution in [0.5, 0.6) is 0 Å². The van der Waals surface area contributed by atoms with Gasteiger partial charge in [0.05, 0.1) is 29.5 Å². The number of nitrogens with two attached hydrogens (primary N) is 2. The monoisotopic (exact) mass is 373 g/mol. The smallest absolute Gasteiger partial charge is 0.397 e. The van der Waals surface area contributed by atoms with Gasteiger partial charge in [0.2, 0.25) is 0 Å². The number of hydrogen-bond donors (Lipinski definition) is 2. The maximum absolute atomic E-state index is 12.9. The highest BCUT2D eigenvalue weighted by atomic mass is 28.3. The van der Waals surface area contributed by atoms with E-state index in [0.717, 1.165) is 18.3 Å². The molecule has 0 amide bonds. The quantitative estimate of drug-likeness (QED) is 0.598. The zero-order valence-corrected chi connectivity index (χ0v) is 15.4. The van der Waals surface area contributed by atoms with Crippen molar-refractivity contribution in [3.05, 3.63) is 24.2 Å². The molecule has 0 radical (unpaired) electrons. The molecule has 2 heterocycles. The van der Waals surface area contributed by atoms with Crippen molar-refractivity contribution >= 4 is 19.4 Å². The number of ether oxygens (including phenoxy) is 1. The van der Waals surface area contributed by atoms with Crippen LogP contribution < -0.4 is 11.5 Å². The number of pyridine rings is 1. The van der Waals surface area contributed by atoms with E-state index >= 15 is 0 Å². The average molecular weight is 373 g/mol. The van der Waals surface area contributed by atoms with Gasteiger partial charge in [-0.15, -0.1) is 0 Å². The second-order valence-corrected chi connectivity index (χ2v) is 12.6. The molecule has 0 saturated heterocycles. The molecule has 0 aliphatic rings. The molecule has 0 atom stereocenters. The van der Waals surface area contributed by atoms with Gasteiger partial charge in [-0.3, -0.25) is 0 Å². The SMILES string of the molecule is C[Si](C)(C)CCOCn1ncc(N)c1-c1cc(C(F)(F)F)ncc1N. The summed E-state index contributed by atoms with van der Waals surface area (Å²) >= 11 is 0. The van der Waals surface area contributed by atoms with Crippen molar-refractivity contribution in [2.45, 2.75) is 38.6 Å². The van der Waals surface area contributed by atoms with E-state index in [1.165, 1.54) is 10.9 Å². The zero-order chi connectivity index (χ0) is 18.8. The van der Waals surface area contributed by atoms with Crippen molar-refractivity contribution in [1.29, 1.82) is 0 Å². The summed E-state index contributed by atoms with van der Waals surface area (Å²) in [6.45, 7) is 7.31. The summed E-state index contributed by atoms with van der Waals surface area (Å²) in [4.78, 5) is 3.33. The Labute approximate surface area is 145 Å². The number of anilines is 2. The normalized spacial score (nSPS) is 12.6. The topological polar surface area (TPSA) is 92.0 Å². The van der Waals surface area contributed by atoms with Crippen molar-refractivity contribution in [3.8, 4) is 11.3 Å². The molecule has 138 valence electrons. The van der Waals surface area contributed by atoms with Crippen LogP contribution in [0.4, 0.5) is 24.5 Å². The van der Waals surface area contributed by atoms with Crippen LogP contribution in [-0.4, -0.2) is 29.4 Å². The van der Waals surface area contributed by atoms with E-state index in [0.29, 0.717) is 12.3 Å². The summed E-state index contributed by atoms with van der Waals surface area (Å²) in [5, 5.41) is 4.08. The molecular weight excluding hydrogens is 351 g/mol. The van der Waals surface area contributed by atoms with Crippen LogP contribution in [0.25, 0.3) is 11.3 Å². The van der Waals surface area contributed by atoms with Crippen LogP contribution in [0.3, 0.4) is 0 Å². The summed E-state index contributed by atoms with van der Waals surface area (Å²) in [5.41, 5.74) is 11.4. The van der Waals surface area contributed by atoms with Crippen LogP contribution in [0.1, 0.15) is 5.69 Å². The molecule has 6 nitrogen and oxygen atoms in total. The average Bonchev–Trinajstić information content (AvgIpc) is 2.83. The number of hydrogen-bond acceptors (Lipinski definition) is 5. The Hall–Kier alpha value is -2.07. The number of halogens is 3. The van der Waals surface area contributed by atoms with Crippen molar-refractivity contribution in [2.24, 2.45) is 0 Å². The second kappa shape index (κ2) is 7.04. The second-order valence-electron chi connectivity index (χ2n) is 6.95. The van der Waals surface area contributed by atoms with E-state index in [4.69, 9.17) is 16.2 Å². The van der Waals surface area contributed by atoms with Gasteiger partial charge >= 0.3 is 6.18 Å². The van der Waals surface area contributed by atoms with Crippen LogP contribution >= 0.6 is 0 Å². The van der Waals surface area contributed by atoms with Crippen LogP contribution in [0.15, 0.2) is 18.5 Å². The Morgan fingerprint density at radius 3 is 2.44 bits per heavy atom. The van der Waals surface area contributed by atoms with Gasteiger partial charge in [-0.2, -0.15) is 18.3 Å². The molecule has 0 bridgehead atoms. The predicted octanol–water partition coefficient (Wildman–Crippen LogP) is 3.44. The molecule has 4 N–H and O–H groups in total. The van der Waals surface area contributed by atoms with Crippen molar-refractivity contribution in [3.63, 3.8) is 0 Å². The Morgan fingerprint density at radius 2 is 1.84 bits per heavy atom. The van der Waals surface area contributed by atoms with E-state index in [1.54, 1.807) is 0 Å².